The SMILES string of the molecule is COC(=O)C1=C(C(=O)OC)C2(c3ccc(C)cc3)OC1c1c2sc2ccccc2c1=O. The number of carbonyl (C=O) groups excluding carboxylic acids is 2. The van der Waals surface area contributed by atoms with E-state index >= 15 is 0 Å². The molecule has 0 fully saturated rings. The van der Waals surface area contributed by atoms with Gasteiger partial charge in [0.2, 0.25) is 0 Å². The van der Waals surface area contributed by atoms with Crippen molar-refractivity contribution >= 4 is 33.4 Å². The minimum Gasteiger partial charge on any atom is -0.466 e. The fourth-order valence-electron chi connectivity index (χ4n) is 4.45. The van der Waals surface area contributed by atoms with Crippen LogP contribution in [0.5, 0.6) is 0 Å². The van der Waals surface area contributed by atoms with Crippen molar-refractivity contribution in [1.82, 2.24) is 0 Å². The van der Waals surface area contributed by atoms with Crippen molar-refractivity contribution in [3.8, 4) is 0 Å². The second-order valence-electron chi connectivity index (χ2n) is 7.49. The molecule has 2 aliphatic heterocycles. The Hall–Kier alpha value is -3.29. The first-order valence-corrected chi connectivity index (χ1v) is 10.5. The smallest absolute Gasteiger partial charge is 0.338 e. The lowest BCUT2D eigenvalue weighted by Gasteiger charge is -2.29. The Bertz CT molecular complexity index is 1350. The first kappa shape index (κ1) is 19.7. The lowest BCUT2D eigenvalue weighted by atomic mass is 9.77. The van der Waals surface area contributed by atoms with Gasteiger partial charge in [-0.3, -0.25) is 4.79 Å². The van der Waals surface area contributed by atoms with E-state index in [1.165, 1.54) is 25.6 Å². The van der Waals surface area contributed by atoms with E-state index in [0.29, 0.717) is 21.4 Å². The summed E-state index contributed by atoms with van der Waals surface area (Å²) in [4.78, 5) is 39.8. The molecule has 0 radical (unpaired) electrons. The lowest BCUT2D eigenvalue weighted by Crippen LogP contribution is -2.34. The molecule has 7 heteroatoms. The first-order valence-electron chi connectivity index (χ1n) is 9.66. The Kier molecular flexibility index (Phi) is 4.35. The highest BCUT2D eigenvalue weighted by molar-refractivity contribution is 7.18. The van der Waals surface area contributed by atoms with Gasteiger partial charge in [0.15, 0.2) is 11.0 Å². The average Bonchev–Trinajstić information content (AvgIpc) is 3.31. The summed E-state index contributed by atoms with van der Waals surface area (Å²) in [7, 11) is 2.49. The second-order valence-corrected chi connectivity index (χ2v) is 8.54. The molecule has 0 spiro atoms. The maximum absolute atomic E-state index is 13.5. The predicted molar refractivity (Wildman–Crippen MR) is 115 cm³/mol. The van der Waals surface area contributed by atoms with Crippen LogP contribution in [-0.4, -0.2) is 26.2 Å². The number of esters is 2. The lowest BCUT2D eigenvalue weighted by molar-refractivity contribution is -0.139. The Balaban J connectivity index is 1.94. The van der Waals surface area contributed by atoms with Gasteiger partial charge in [0, 0.05) is 10.1 Å². The Labute approximate surface area is 181 Å². The van der Waals surface area contributed by atoms with Gasteiger partial charge in [-0.05, 0) is 24.6 Å². The molecule has 2 aliphatic rings. The third-order valence-electron chi connectivity index (χ3n) is 5.85. The number of methoxy groups -OCH3 is 2. The van der Waals surface area contributed by atoms with Crippen LogP contribution in [-0.2, 0) is 29.4 Å². The molecule has 6 nitrogen and oxygen atoms in total. The molecule has 31 heavy (non-hydrogen) atoms. The summed E-state index contributed by atoms with van der Waals surface area (Å²) >= 11 is 1.39. The van der Waals surface area contributed by atoms with E-state index in [4.69, 9.17) is 14.2 Å². The Morgan fingerprint density at radius 1 is 1.00 bits per heavy atom. The molecule has 2 atom stereocenters. The van der Waals surface area contributed by atoms with Gasteiger partial charge in [0.1, 0.15) is 6.10 Å². The molecule has 0 amide bonds. The average molecular weight is 434 g/mol. The quantitative estimate of drug-likeness (QED) is 0.587. The number of carbonyl (C=O) groups is 2. The first-order chi connectivity index (χ1) is 14.9. The minimum atomic E-state index is -1.42. The van der Waals surface area contributed by atoms with Crippen LogP contribution >= 0.6 is 11.3 Å². The van der Waals surface area contributed by atoms with E-state index in [1.807, 2.05) is 43.3 Å². The van der Waals surface area contributed by atoms with Gasteiger partial charge < -0.3 is 14.2 Å². The molecule has 2 bridgehead atoms. The Morgan fingerprint density at radius 3 is 2.35 bits per heavy atom. The van der Waals surface area contributed by atoms with Crippen molar-refractivity contribution in [2.24, 2.45) is 0 Å². The van der Waals surface area contributed by atoms with Crippen molar-refractivity contribution in [3.05, 3.63) is 91.5 Å². The highest BCUT2D eigenvalue weighted by atomic mass is 32.1. The van der Waals surface area contributed by atoms with Gasteiger partial charge in [-0.1, -0.05) is 42.0 Å². The van der Waals surface area contributed by atoms with E-state index in [9.17, 15) is 14.4 Å². The van der Waals surface area contributed by atoms with Crippen molar-refractivity contribution in [2.45, 2.75) is 18.6 Å². The predicted octanol–water partition coefficient (Wildman–Crippen LogP) is 3.54. The molecule has 0 aliphatic carbocycles. The zero-order chi connectivity index (χ0) is 21.9. The molecular formula is C24H18O6S. The van der Waals surface area contributed by atoms with Gasteiger partial charge in [0.25, 0.3) is 0 Å². The molecule has 3 aromatic rings. The van der Waals surface area contributed by atoms with Crippen LogP contribution in [0.1, 0.15) is 27.7 Å². The number of hydrogen-bond donors (Lipinski definition) is 0. The second kappa shape index (κ2) is 6.87. The molecule has 0 saturated heterocycles. The van der Waals surface area contributed by atoms with Crippen molar-refractivity contribution in [1.29, 1.82) is 0 Å². The van der Waals surface area contributed by atoms with Gasteiger partial charge in [-0.25, -0.2) is 9.59 Å². The van der Waals surface area contributed by atoms with E-state index in [0.717, 1.165) is 10.3 Å². The van der Waals surface area contributed by atoms with Gasteiger partial charge in [0.05, 0.1) is 35.8 Å². The number of aryl methyl sites for hydroxylation is 1. The fraction of sp³-hybridized carbons (Fsp3) is 0.208. The minimum absolute atomic E-state index is 0.0157. The molecular weight excluding hydrogens is 416 g/mol. The molecule has 1 aromatic heterocycles. The van der Waals surface area contributed by atoms with Crippen LogP contribution in [0.4, 0.5) is 0 Å². The van der Waals surface area contributed by atoms with Crippen LogP contribution in [0.15, 0.2) is 64.5 Å². The molecule has 3 heterocycles. The van der Waals surface area contributed by atoms with E-state index in [-0.39, 0.29) is 16.6 Å². The van der Waals surface area contributed by atoms with Gasteiger partial charge in [-0.2, -0.15) is 0 Å². The maximum Gasteiger partial charge on any atom is 0.338 e. The molecule has 2 aromatic carbocycles. The van der Waals surface area contributed by atoms with E-state index in [1.54, 1.807) is 12.1 Å². The largest absolute Gasteiger partial charge is 0.466 e. The highest BCUT2D eigenvalue weighted by Gasteiger charge is 2.63. The topological polar surface area (TPSA) is 78.9 Å². The molecule has 156 valence electrons. The molecule has 0 saturated carbocycles. The zero-order valence-electron chi connectivity index (χ0n) is 17.1. The van der Waals surface area contributed by atoms with E-state index in [2.05, 4.69) is 0 Å². The summed E-state index contributed by atoms with van der Waals surface area (Å²) < 4.78 is 17.2. The summed E-state index contributed by atoms with van der Waals surface area (Å²) in [5, 5.41) is 0.547. The fourth-order valence-corrected chi connectivity index (χ4v) is 5.81. The number of ether oxygens (including phenoxy) is 3. The zero-order valence-corrected chi connectivity index (χ0v) is 17.9. The molecule has 2 unspecified atom stereocenters. The third kappa shape index (κ3) is 2.50. The van der Waals surface area contributed by atoms with Gasteiger partial charge >= 0.3 is 11.9 Å². The molecule has 0 N–H and O–H groups in total. The van der Waals surface area contributed by atoms with Crippen molar-refractivity contribution in [3.63, 3.8) is 0 Å². The summed E-state index contributed by atoms with van der Waals surface area (Å²) in [6.07, 6.45) is -1.01. The summed E-state index contributed by atoms with van der Waals surface area (Å²) in [5.41, 5.74) is 0.489. The summed E-state index contributed by atoms with van der Waals surface area (Å²) in [6, 6.07) is 14.7. The number of fused-ring (bicyclic) bond motifs is 6. The van der Waals surface area contributed by atoms with Crippen LogP contribution in [0.2, 0.25) is 0 Å². The number of rotatable bonds is 3. The van der Waals surface area contributed by atoms with Crippen LogP contribution in [0, 0.1) is 6.92 Å². The summed E-state index contributed by atoms with van der Waals surface area (Å²) in [6.45, 7) is 1.95. The normalized spacial score (nSPS) is 21.3. The van der Waals surface area contributed by atoms with Crippen molar-refractivity contribution < 1.29 is 23.8 Å². The third-order valence-corrected chi connectivity index (χ3v) is 7.13. The standard InChI is InChI=1S/C24H18O6S/c1-12-8-10-13(11-9-12)24-18(23(27)29-3)16(22(26)28-2)20(30-24)17-19(25)14-6-4-5-7-15(14)31-21(17)24/h4-11,20H,1-3H3. The van der Waals surface area contributed by atoms with Gasteiger partial charge in [-0.15, -0.1) is 11.3 Å². The maximum atomic E-state index is 13.5. The van der Waals surface area contributed by atoms with E-state index < -0.39 is 23.6 Å². The number of hydrogen-bond acceptors (Lipinski definition) is 7. The Morgan fingerprint density at radius 2 is 1.68 bits per heavy atom. The van der Waals surface area contributed by atoms with Crippen molar-refractivity contribution in [2.75, 3.05) is 14.2 Å². The van der Waals surface area contributed by atoms with Crippen LogP contribution in [0.3, 0.4) is 0 Å². The molecule has 5 rings (SSSR count). The van der Waals surface area contributed by atoms with Crippen LogP contribution < -0.4 is 5.43 Å². The highest BCUT2D eigenvalue weighted by Crippen LogP contribution is 2.62. The monoisotopic (exact) mass is 434 g/mol. The number of benzene rings is 2. The van der Waals surface area contributed by atoms with Crippen LogP contribution in [0.25, 0.3) is 10.1 Å². The summed E-state index contributed by atoms with van der Waals surface area (Å²) in [5.74, 6) is -1.41.